The Morgan fingerprint density at radius 2 is 1.62 bits per heavy atom. The van der Waals surface area contributed by atoms with Crippen molar-refractivity contribution in [2.24, 2.45) is 5.41 Å². The molecule has 8 amide bonds. The molecule has 4 atom stereocenters. The van der Waals surface area contributed by atoms with Gasteiger partial charge in [0.2, 0.25) is 23.6 Å². The first-order chi connectivity index (χ1) is 40.5. The fraction of sp³-hybridized carbons (Fsp3) is 0.419. The van der Waals surface area contributed by atoms with Gasteiger partial charge in [0.25, 0.3) is 23.6 Å². The van der Waals surface area contributed by atoms with Crippen molar-refractivity contribution < 1.29 is 71.0 Å². The van der Waals surface area contributed by atoms with Gasteiger partial charge in [-0.05, 0) is 89.2 Å². The number of alkyl halides is 2. The zero-order valence-corrected chi connectivity index (χ0v) is 49.0. The number of morpholine rings is 1. The smallest absolute Gasteiger partial charge is 0.399 e. The first-order valence-electron chi connectivity index (χ1n) is 28.4. The minimum Gasteiger partial charge on any atom is -0.484 e. The van der Waals surface area contributed by atoms with Crippen molar-refractivity contribution in [3.63, 3.8) is 0 Å². The number of nitrogens with one attached hydrogen (secondary N) is 3. The van der Waals surface area contributed by atoms with Gasteiger partial charge in [-0.15, -0.1) is 11.3 Å². The predicted molar refractivity (Wildman–Crippen MR) is 310 cm³/mol. The molecule has 0 bridgehead atoms. The van der Waals surface area contributed by atoms with Crippen molar-refractivity contribution in [1.82, 2.24) is 30.7 Å². The van der Waals surface area contributed by atoms with Crippen LogP contribution in [0.2, 0.25) is 0 Å². The lowest BCUT2D eigenvalue weighted by atomic mass is 9.84. The number of imide groups is 2. The Bertz CT molecular complexity index is 3540. The van der Waals surface area contributed by atoms with Crippen LogP contribution in [0.15, 0.2) is 91.0 Å². The van der Waals surface area contributed by atoms with E-state index in [1.165, 1.54) is 17.0 Å². The van der Waals surface area contributed by atoms with Gasteiger partial charge in [0.1, 0.15) is 30.0 Å². The molecule has 5 N–H and O–H groups in total. The van der Waals surface area contributed by atoms with E-state index in [4.69, 9.17) is 9.47 Å². The highest BCUT2D eigenvalue weighted by atomic mass is 32.1. The van der Waals surface area contributed by atoms with Crippen LogP contribution in [0.3, 0.4) is 0 Å². The van der Waals surface area contributed by atoms with Gasteiger partial charge in [0, 0.05) is 54.7 Å². The summed E-state index contributed by atoms with van der Waals surface area (Å²) in [6.07, 6.45) is 6.89. The molecule has 4 aliphatic rings. The summed E-state index contributed by atoms with van der Waals surface area (Å²) in [5, 5.41) is 8.12. The minimum absolute atomic E-state index is 0.0383. The normalized spacial score (nSPS) is 18.5. The van der Waals surface area contributed by atoms with Crippen LogP contribution in [0.25, 0.3) is 10.1 Å². The molecule has 9 rings (SSSR count). The summed E-state index contributed by atoms with van der Waals surface area (Å²) in [5.74, 6) is 2.41. The van der Waals surface area contributed by atoms with Crippen molar-refractivity contribution in [3.05, 3.63) is 135 Å². The first kappa shape index (κ1) is 61.9. The van der Waals surface area contributed by atoms with Crippen molar-refractivity contribution in [3.8, 4) is 17.6 Å². The molecule has 1 aromatic heterocycles. The number of halogens is 2. The van der Waals surface area contributed by atoms with E-state index in [-0.39, 0.29) is 85.3 Å². The molecule has 0 radical (unpaired) electrons. The number of rotatable bonds is 20. The molecule has 2 saturated heterocycles. The average Bonchev–Trinajstić information content (AvgIpc) is 2.32. The zero-order chi connectivity index (χ0) is 60.8. The summed E-state index contributed by atoms with van der Waals surface area (Å²) in [4.78, 5) is 130. The number of carbonyl (C=O) groups is 8. The molecule has 0 spiro atoms. The van der Waals surface area contributed by atoms with Gasteiger partial charge in [-0.3, -0.25) is 53.1 Å². The number of piperidine rings is 1. The Hall–Kier alpha value is -7.67. The maximum Gasteiger partial charge on any atom is 0.399 e. The number of hydrogen-bond donors (Lipinski definition) is 5. The van der Waals surface area contributed by atoms with Crippen LogP contribution in [0, 0.1) is 17.3 Å². The van der Waals surface area contributed by atoms with Gasteiger partial charge in [0.05, 0.1) is 29.2 Å². The second-order valence-electron chi connectivity index (χ2n) is 22.7. The second kappa shape index (κ2) is 26.3. The molecule has 5 aromatic rings. The van der Waals surface area contributed by atoms with Crippen LogP contribution >= 0.6 is 18.9 Å². The molecule has 2 unspecified atom stereocenters. The van der Waals surface area contributed by atoms with E-state index in [2.05, 4.69) is 27.8 Å². The third-order valence-corrected chi connectivity index (χ3v) is 17.7. The van der Waals surface area contributed by atoms with Gasteiger partial charge in [-0.1, -0.05) is 113 Å². The van der Waals surface area contributed by atoms with Crippen LogP contribution in [-0.4, -0.2) is 123 Å². The molecule has 5 heterocycles. The monoisotopic (exact) mass is 1200 g/mol. The van der Waals surface area contributed by atoms with Gasteiger partial charge >= 0.3 is 13.3 Å². The maximum absolute atomic E-state index is 15.2. The highest BCUT2D eigenvalue weighted by Gasteiger charge is 2.51. The Kier molecular flexibility index (Phi) is 19.1. The molecule has 23 heteroatoms. The molecule has 19 nitrogen and oxygen atoms in total. The van der Waals surface area contributed by atoms with Crippen molar-refractivity contribution in [2.75, 3.05) is 32.8 Å². The number of unbranched alkanes of at least 4 members (excludes halogenated alkanes) is 7. The molecule has 85 heavy (non-hydrogen) atoms. The Balaban J connectivity index is 0.766. The first-order valence-corrected chi connectivity index (χ1v) is 30.8. The Morgan fingerprint density at radius 3 is 2.35 bits per heavy atom. The molecule has 0 saturated carbocycles. The van der Waals surface area contributed by atoms with Crippen LogP contribution in [-0.2, 0) is 51.9 Å². The fourth-order valence-electron chi connectivity index (χ4n) is 11.0. The summed E-state index contributed by atoms with van der Waals surface area (Å²) in [5.41, 5.74) is -3.15. The van der Waals surface area contributed by atoms with E-state index in [0.29, 0.717) is 34.5 Å². The third kappa shape index (κ3) is 14.2. The number of amides is 8. The molecular formula is C62H67F2N6O13PS. The maximum atomic E-state index is 15.2. The average molecular weight is 1210 g/mol. The van der Waals surface area contributed by atoms with Crippen molar-refractivity contribution in [2.45, 2.75) is 128 Å². The number of nitrogens with zero attached hydrogens (tertiary/aromatic N) is 3. The van der Waals surface area contributed by atoms with Crippen molar-refractivity contribution >= 4 is 76.3 Å². The van der Waals surface area contributed by atoms with Gasteiger partial charge in [0.15, 0.2) is 6.61 Å². The largest absolute Gasteiger partial charge is 0.484 e. The van der Waals surface area contributed by atoms with Crippen molar-refractivity contribution in [1.29, 1.82) is 0 Å². The third-order valence-electron chi connectivity index (χ3n) is 15.6. The molecule has 4 aliphatic heterocycles. The number of thiophene rings is 1. The second-order valence-corrected chi connectivity index (χ2v) is 25.5. The summed E-state index contributed by atoms with van der Waals surface area (Å²) in [6.45, 7) is 6.22. The summed E-state index contributed by atoms with van der Waals surface area (Å²) in [7, 11) is -5.86. The summed E-state index contributed by atoms with van der Waals surface area (Å²) in [6, 6.07) is 20.8. The van der Waals surface area contributed by atoms with E-state index in [1.807, 2.05) is 36.4 Å². The molecular weight excluding hydrogens is 1140 g/mol. The van der Waals surface area contributed by atoms with Crippen LogP contribution < -0.4 is 20.7 Å². The number of benzene rings is 4. The standard InChI is InChI=1S/C62H67F2N6O13PS/c1-61(2,3)54(67-56(74)50-34-41-31-43(23-26-49(41)85-50)62(63,64)84(79,80)81)60(78)69-35-42-32-44(24-22-40(42)33-47(69)58(76)68-29-30-82-48(36-68)38-17-13-11-14-18-38)83-37-52(72)65-28-15-10-8-6-4-5-7-9-12-19-39-20-16-21-45-53(39)59(77)70(57(45)75)46-25-27-51(71)66-55(46)73/h11,13-14,16-18,20-24,26,31-32,34,46-48,54H,4-10,15,25,27-30,33,35-37H2,1-3H3,(H,65,72)(H,67,74)(H,66,71,73)(H2,79,80,81)/t46?,47-,48-,54?/m0/s1. The summed E-state index contributed by atoms with van der Waals surface area (Å²) >= 11 is 0.952. The van der Waals surface area contributed by atoms with E-state index in [0.717, 1.165) is 84.4 Å². The summed E-state index contributed by atoms with van der Waals surface area (Å²) < 4.78 is 53.4. The van der Waals surface area contributed by atoms with E-state index < -0.39 is 83.9 Å². The Morgan fingerprint density at radius 1 is 0.882 bits per heavy atom. The van der Waals surface area contributed by atoms with Crippen LogP contribution in [0.4, 0.5) is 8.78 Å². The van der Waals surface area contributed by atoms with Crippen LogP contribution in [0.5, 0.6) is 5.75 Å². The van der Waals surface area contributed by atoms with Crippen LogP contribution in [0.1, 0.15) is 149 Å². The number of hydrogen-bond acceptors (Lipinski definition) is 12. The van der Waals surface area contributed by atoms with Gasteiger partial charge in [-0.25, -0.2) is 0 Å². The van der Waals surface area contributed by atoms with E-state index in [1.54, 1.807) is 56.0 Å². The fourth-order valence-corrected chi connectivity index (χ4v) is 12.4. The van der Waals surface area contributed by atoms with E-state index in [9.17, 15) is 56.7 Å². The highest BCUT2D eigenvalue weighted by Crippen LogP contribution is 2.59. The lowest BCUT2D eigenvalue weighted by molar-refractivity contribution is -0.153. The zero-order valence-electron chi connectivity index (χ0n) is 47.3. The lowest BCUT2D eigenvalue weighted by Gasteiger charge is -2.43. The number of ether oxygens (including phenoxy) is 2. The quantitative estimate of drug-likeness (QED) is 0.0215. The molecule has 448 valence electrons. The minimum atomic E-state index is -5.86. The molecule has 4 aromatic carbocycles. The van der Waals surface area contributed by atoms with E-state index >= 15 is 4.79 Å². The SMILES string of the molecule is CC(C)(C)C(NC(=O)c1cc2cc(C(F)(F)P(=O)(O)O)ccc2s1)C(=O)N1Cc2cc(OCC(=O)NCCCCCCCCCC#Cc3cccc4c3C(=O)N(C3CCC(=O)NC3=O)C4=O)ccc2C[C@H]1C(=O)N1CCO[C@H](c2ccccc2)C1. The van der Waals surface area contributed by atoms with Gasteiger partial charge in [-0.2, -0.15) is 8.78 Å². The molecule has 0 aliphatic carbocycles. The number of carbonyl (C=O) groups excluding carboxylic acids is 8. The van der Waals surface area contributed by atoms with Gasteiger partial charge < -0.3 is 39.7 Å². The topological polar surface area (TPSA) is 258 Å². The number of fused-ring (bicyclic) bond motifs is 3. The lowest BCUT2D eigenvalue weighted by Crippen LogP contribution is -2.61. The highest BCUT2D eigenvalue weighted by molar-refractivity contribution is 7.52. The molecule has 2 fully saturated rings. The Labute approximate surface area is 494 Å². The predicted octanol–water partition coefficient (Wildman–Crippen LogP) is 7.90.